The highest BCUT2D eigenvalue weighted by atomic mass is 28.3. The largest absolute Gasteiger partial charge is 0.493 e. The highest BCUT2D eigenvalue weighted by Gasteiger charge is 2.24. The minimum Gasteiger partial charge on any atom is -0.493 e. The number of rotatable bonds is 7. The van der Waals surface area contributed by atoms with Gasteiger partial charge in [-0.1, -0.05) is 111 Å². The summed E-state index contributed by atoms with van der Waals surface area (Å²) in [5, 5.41) is 12.2. The van der Waals surface area contributed by atoms with Crippen LogP contribution < -0.4 is 5.19 Å². The van der Waals surface area contributed by atoms with Crippen molar-refractivity contribution in [2.24, 2.45) is 0 Å². The Morgan fingerprint density at radius 3 is 1.88 bits per heavy atom. The van der Waals surface area contributed by atoms with Gasteiger partial charge in [0.2, 0.25) is 5.88 Å². The van der Waals surface area contributed by atoms with Gasteiger partial charge in [-0.25, -0.2) is 9.97 Å². The van der Waals surface area contributed by atoms with Gasteiger partial charge in [0.15, 0.2) is 5.82 Å². The number of para-hydroxylation sites is 2. The number of hydrogen-bond acceptors (Lipinski definition) is 4. The van der Waals surface area contributed by atoms with Crippen molar-refractivity contribution in [3.63, 3.8) is 0 Å². The van der Waals surface area contributed by atoms with Crippen molar-refractivity contribution in [1.82, 2.24) is 19.5 Å². The lowest BCUT2D eigenvalue weighted by Crippen LogP contribution is -2.39. The lowest BCUT2D eigenvalue weighted by Gasteiger charge is -2.22. The van der Waals surface area contributed by atoms with Crippen LogP contribution in [0.4, 0.5) is 0 Å². The fraction of sp³-hybridized carbons (Fsp3) is 0.0682. The van der Waals surface area contributed by atoms with Gasteiger partial charge in [-0.15, -0.1) is 0 Å². The molecule has 242 valence electrons. The fourth-order valence-corrected chi connectivity index (χ4v) is 8.19. The van der Waals surface area contributed by atoms with Crippen molar-refractivity contribution >= 4 is 24.3 Å². The first-order chi connectivity index (χ1) is 24.3. The van der Waals surface area contributed by atoms with Crippen LogP contribution in [-0.2, 0) is 0 Å². The third-order valence-electron chi connectivity index (χ3n) is 9.17. The van der Waals surface area contributed by atoms with E-state index in [0.717, 1.165) is 50.2 Å². The first-order valence-electron chi connectivity index (χ1n) is 16.8. The molecule has 0 atom stereocenters. The van der Waals surface area contributed by atoms with Gasteiger partial charge in [-0.05, 0) is 87.6 Å². The van der Waals surface area contributed by atoms with E-state index < -0.39 is 8.07 Å². The molecule has 3 heterocycles. The average Bonchev–Trinajstić information content (AvgIpc) is 3.55. The summed E-state index contributed by atoms with van der Waals surface area (Å²) in [5.41, 5.74) is 11.9. The third-order valence-corrected chi connectivity index (χ3v) is 11.2. The van der Waals surface area contributed by atoms with Crippen LogP contribution in [0.2, 0.25) is 19.6 Å². The van der Waals surface area contributed by atoms with E-state index in [-0.39, 0.29) is 5.88 Å². The zero-order chi connectivity index (χ0) is 34.2. The van der Waals surface area contributed by atoms with Crippen molar-refractivity contribution in [3.8, 4) is 67.6 Å². The molecule has 1 N–H and O–H groups in total. The Bertz CT molecular complexity index is 2470. The molecular formula is C44H36N4OSi. The van der Waals surface area contributed by atoms with Crippen LogP contribution in [-0.4, -0.2) is 32.7 Å². The molecular weight excluding hydrogens is 629 g/mol. The summed E-state index contributed by atoms with van der Waals surface area (Å²) in [6.45, 7) is 7.12. The molecule has 50 heavy (non-hydrogen) atoms. The van der Waals surface area contributed by atoms with Crippen molar-refractivity contribution < 1.29 is 5.11 Å². The molecule has 0 amide bonds. The summed E-state index contributed by atoms with van der Waals surface area (Å²) in [6, 6.07) is 50.2. The second-order valence-corrected chi connectivity index (χ2v) is 18.6. The number of pyridine rings is 2. The zero-order valence-electron chi connectivity index (χ0n) is 28.2. The van der Waals surface area contributed by atoms with E-state index >= 15 is 0 Å². The van der Waals surface area contributed by atoms with Crippen LogP contribution in [0.25, 0.3) is 72.7 Å². The summed E-state index contributed by atoms with van der Waals surface area (Å²) >= 11 is 0. The number of hydrogen-bond donors (Lipinski definition) is 1. The summed E-state index contributed by atoms with van der Waals surface area (Å²) in [4.78, 5) is 14.5. The highest BCUT2D eigenvalue weighted by molar-refractivity contribution is 6.89. The van der Waals surface area contributed by atoms with Crippen LogP contribution in [0, 0.1) is 0 Å². The van der Waals surface area contributed by atoms with Gasteiger partial charge >= 0.3 is 0 Å². The number of nitrogens with zero attached hydrogens (tertiary/aromatic N) is 4. The van der Waals surface area contributed by atoms with Crippen molar-refractivity contribution in [2.75, 3.05) is 0 Å². The second-order valence-electron chi connectivity index (χ2n) is 13.6. The molecule has 6 heteroatoms. The van der Waals surface area contributed by atoms with E-state index in [4.69, 9.17) is 9.97 Å². The molecule has 8 rings (SSSR count). The lowest BCUT2D eigenvalue weighted by atomic mass is 9.93. The lowest BCUT2D eigenvalue weighted by molar-refractivity contribution is 0.455. The summed E-state index contributed by atoms with van der Waals surface area (Å²) in [6.07, 6.45) is 3.69. The quantitative estimate of drug-likeness (QED) is 0.172. The standard InChI is InChI=1S/C44H36N4OSi/c1-50(2,3)41-29-46-39(28-38(41)31-17-9-5-10-18-31)34-26-32(30-15-7-4-8-16-30)25-33(27-34)36-21-13-23-40-42(36)47-43(37-22-14-24-45-44(37)49)48(40)35-19-11-6-12-20-35/h4-29H,1-3H3,(H,45,49). The molecule has 0 radical (unpaired) electrons. The molecule has 0 fully saturated rings. The van der Waals surface area contributed by atoms with Crippen LogP contribution in [0.3, 0.4) is 0 Å². The Labute approximate surface area is 293 Å². The molecule has 8 aromatic rings. The van der Waals surface area contributed by atoms with Gasteiger partial charge in [0.25, 0.3) is 0 Å². The SMILES string of the molecule is C[Si](C)(C)c1cnc(-c2cc(-c3ccccc3)cc(-c3cccc4c3nc(-c3cccnc3O)n4-c3ccccc3)c2)cc1-c1ccccc1. The molecule has 0 aliphatic carbocycles. The summed E-state index contributed by atoms with van der Waals surface area (Å²) < 4.78 is 2.10. The summed E-state index contributed by atoms with van der Waals surface area (Å²) in [5.74, 6) is 0.566. The molecule has 0 saturated carbocycles. The van der Waals surface area contributed by atoms with Gasteiger partial charge < -0.3 is 5.11 Å². The zero-order valence-corrected chi connectivity index (χ0v) is 29.2. The molecule has 5 aromatic carbocycles. The van der Waals surface area contributed by atoms with E-state index in [0.29, 0.717) is 11.4 Å². The Morgan fingerprint density at radius 1 is 0.540 bits per heavy atom. The van der Waals surface area contributed by atoms with Crippen molar-refractivity contribution in [2.45, 2.75) is 19.6 Å². The van der Waals surface area contributed by atoms with Crippen LogP contribution in [0.5, 0.6) is 5.88 Å². The minimum absolute atomic E-state index is 0.0584. The van der Waals surface area contributed by atoms with Crippen LogP contribution in [0.1, 0.15) is 0 Å². The van der Waals surface area contributed by atoms with Crippen LogP contribution in [0.15, 0.2) is 158 Å². The van der Waals surface area contributed by atoms with E-state index in [2.05, 4.69) is 145 Å². The molecule has 3 aromatic heterocycles. The predicted octanol–water partition coefficient (Wildman–Crippen LogP) is 10.4. The van der Waals surface area contributed by atoms with E-state index in [9.17, 15) is 5.11 Å². The van der Waals surface area contributed by atoms with Crippen molar-refractivity contribution in [3.05, 3.63) is 158 Å². The first kappa shape index (κ1) is 31.2. The minimum atomic E-state index is -1.70. The van der Waals surface area contributed by atoms with Crippen LogP contribution >= 0.6 is 0 Å². The number of aromatic nitrogens is 4. The maximum atomic E-state index is 10.9. The third kappa shape index (κ3) is 5.80. The predicted molar refractivity (Wildman–Crippen MR) is 208 cm³/mol. The molecule has 0 spiro atoms. The van der Waals surface area contributed by atoms with E-state index in [1.54, 1.807) is 6.20 Å². The Hall–Kier alpha value is -6.11. The van der Waals surface area contributed by atoms with Gasteiger partial charge in [0.1, 0.15) is 0 Å². The Balaban J connectivity index is 1.38. The van der Waals surface area contributed by atoms with Gasteiger partial charge in [-0.3, -0.25) is 9.55 Å². The number of benzene rings is 5. The topological polar surface area (TPSA) is 63.8 Å². The number of imidazole rings is 1. The Kier molecular flexibility index (Phi) is 7.94. The van der Waals surface area contributed by atoms with Gasteiger partial charge in [0, 0.05) is 29.2 Å². The number of aromatic hydroxyl groups is 1. The molecule has 0 aliphatic rings. The first-order valence-corrected chi connectivity index (χ1v) is 20.3. The average molecular weight is 665 g/mol. The monoisotopic (exact) mass is 664 g/mol. The smallest absolute Gasteiger partial charge is 0.222 e. The van der Waals surface area contributed by atoms with Gasteiger partial charge in [0.05, 0.1) is 30.4 Å². The fourth-order valence-electron chi connectivity index (χ4n) is 6.72. The second kappa shape index (κ2) is 12.7. The van der Waals surface area contributed by atoms with Crippen molar-refractivity contribution in [1.29, 1.82) is 0 Å². The molecule has 0 unspecified atom stereocenters. The normalized spacial score (nSPS) is 11.6. The molecule has 0 aliphatic heterocycles. The molecule has 5 nitrogen and oxygen atoms in total. The van der Waals surface area contributed by atoms with E-state index in [1.807, 2.05) is 36.4 Å². The highest BCUT2D eigenvalue weighted by Crippen LogP contribution is 2.39. The Morgan fingerprint density at radius 2 is 1.18 bits per heavy atom. The summed E-state index contributed by atoms with van der Waals surface area (Å²) in [7, 11) is -1.70. The number of fused-ring (bicyclic) bond motifs is 1. The maximum Gasteiger partial charge on any atom is 0.222 e. The van der Waals surface area contributed by atoms with E-state index in [1.165, 1.54) is 16.3 Å². The van der Waals surface area contributed by atoms with Gasteiger partial charge in [-0.2, -0.15) is 0 Å². The molecule has 0 saturated heterocycles. The maximum absolute atomic E-state index is 10.9. The molecule has 0 bridgehead atoms.